The molecule has 0 unspecified atom stereocenters. The van der Waals surface area contributed by atoms with E-state index in [2.05, 4.69) is 42.2 Å². The topological polar surface area (TPSA) is 68.1 Å². The Kier molecular flexibility index (Phi) is 4.95. The van der Waals surface area contributed by atoms with Gasteiger partial charge < -0.3 is 5.32 Å². The number of rotatable bonds is 4. The summed E-state index contributed by atoms with van der Waals surface area (Å²) >= 11 is 12.2. The van der Waals surface area contributed by atoms with E-state index in [1.165, 1.54) is 6.07 Å². The quantitative estimate of drug-likeness (QED) is 0.438. The third-order valence-corrected chi connectivity index (χ3v) is 4.30. The van der Waals surface area contributed by atoms with Gasteiger partial charge in [-0.1, -0.05) is 17.7 Å². The molecule has 104 valence electrons. The molecule has 2 aromatic rings. The third kappa shape index (κ3) is 3.68. The average Bonchev–Trinajstić information content (AvgIpc) is 2.41. The van der Waals surface area contributed by atoms with E-state index in [1.54, 1.807) is 18.3 Å². The van der Waals surface area contributed by atoms with Crippen molar-refractivity contribution >= 4 is 54.8 Å². The van der Waals surface area contributed by atoms with E-state index in [4.69, 9.17) is 11.6 Å². The molecule has 2 rings (SSSR count). The monoisotopic (exact) mass is 419 g/mol. The molecule has 0 fully saturated rings. The van der Waals surface area contributed by atoms with Crippen molar-refractivity contribution in [3.63, 3.8) is 0 Å². The van der Waals surface area contributed by atoms with Crippen LogP contribution in [0.5, 0.6) is 0 Å². The molecule has 1 N–H and O–H groups in total. The van der Waals surface area contributed by atoms with Crippen molar-refractivity contribution in [2.24, 2.45) is 0 Å². The van der Waals surface area contributed by atoms with Gasteiger partial charge in [0.2, 0.25) is 0 Å². The summed E-state index contributed by atoms with van der Waals surface area (Å²) in [4.78, 5) is 14.4. The number of pyridine rings is 1. The Hall–Kier alpha value is -1.18. The van der Waals surface area contributed by atoms with Crippen LogP contribution < -0.4 is 5.32 Å². The fourth-order valence-electron chi connectivity index (χ4n) is 1.53. The van der Waals surface area contributed by atoms with Crippen LogP contribution in [0.2, 0.25) is 5.15 Å². The first-order valence-electron chi connectivity index (χ1n) is 5.45. The van der Waals surface area contributed by atoms with Crippen molar-refractivity contribution in [2.45, 2.75) is 6.54 Å². The van der Waals surface area contributed by atoms with Gasteiger partial charge in [0.15, 0.2) is 0 Å². The molecule has 0 aliphatic carbocycles. The number of hydrogen-bond acceptors (Lipinski definition) is 4. The van der Waals surface area contributed by atoms with E-state index >= 15 is 0 Å². The van der Waals surface area contributed by atoms with Crippen molar-refractivity contribution in [1.82, 2.24) is 4.98 Å². The Morgan fingerprint density at radius 2 is 2.05 bits per heavy atom. The number of hydrogen-bond donors (Lipinski definition) is 1. The standard InChI is InChI=1S/C12H8Br2ClN3O2/c13-9-2-1-7(3-11(9)18(19)20)5-16-8-4-10(14)12(15)17-6-8/h1-4,6,16H,5H2. The van der Waals surface area contributed by atoms with Crippen LogP contribution in [0, 0.1) is 10.1 Å². The molecule has 1 heterocycles. The van der Waals surface area contributed by atoms with Gasteiger partial charge in [0, 0.05) is 12.6 Å². The van der Waals surface area contributed by atoms with E-state index in [0.29, 0.717) is 20.6 Å². The molecule has 0 bridgehead atoms. The van der Waals surface area contributed by atoms with Gasteiger partial charge in [0.05, 0.1) is 25.8 Å². The maximum Gasteiger partial charge on any atom is 0.283 e. The Morgan fingerprint density at radius 1 is 1.30 bits per heavy atom. The van der Waals surface area contributed by atoms with Crippen molar-refractivity contribution in [3.05, 3.63) is 60.2 Å². The number of benzene rings is 1. The lowest BCUT2D eigenvalue weighted by Gasteiger charge is -2.07. The number of nitro groups is 1. The summed E-state index contributed by atoms with van der Waals surface area (Å²) in [5.41, 5.74) is 1.61. The summed E-state index contributed by atoms with van der Waals surface area (Å²) in [5.74, 6) is 0. The van der Waals surface area contributed by atoms with Gasteiger partial charge >= 0.3 is 0 Å². The van der Waals surface area contributed by atoms with E-state index in [1.807, 2.05) is 6.07 Å². The maximum atomic E-state index is 10.9. The minimum Gasteiger partial charge on any atom is -0.380 e. The first-order valence-corrected chi connectivity index (χ1v) is 7.41. The third-order valence-electron chi connectivity index (χ3n) is 2.50. The molecule has 0 spiro atoms. The summed E-state index contributed by atoms with van der Waals surface area (Å²) in [6.07, 6.45) is 1.60. The van der Waals surface area contributed by atoms with Crippen LogP contribution in [0.15, 0.2) is 39.4 Å². The van der Waals surface area contributed by atoms with Crippen LogP contribution in [-0.4, -0.2) is 9.91 Å². The highest BCUT2D eigenvalue weighted by Gasteiger charge is 2.12. The van der Waals surface area contributed by atoms with Gasteiger partial charge in [-0.05, 0) is 49.6 Å². The van der Waals surface area contributed by atoms with E-state index in [0.717, 1.165) is 11.3 Å². The normalized spacial score (nSPS) is 10.3. The van der Waals surface area contributed by atoms with Crippen molar-refractivity contribution in [2.75, 3.05) is 5.32 Å². The van der Waals surface area contributed by atoms with Gasteiger partial charge in [-0.25, -0.2) is 4.98 Å². The summed E-state index contributed by atoms with van der Waals surface area (Å²) in [6.45, 7) is 0.448. The summed E-state index contributed by atoms with van der Waals surface area (Å²) in [5, 5.41) is 14.4. The highest BCUT2D eigenvalue weighted by atomic mass is 79.9. The zero-order valence-corrected chi connectivity index (χ0v) is 13.9. The van der Waals surface area contributed by atoms with Gasteiger partial charge in [0.1, 0.15) is 5.15 Å². The fraction of sp³-hybridized carbons (Fsp3) is 0.0833. The maximum absolute atomic E-state index is 10.9. The second-order valence-corrected chi connectivity index (χ2v) is 5.96. The number of nitrogens with one attached hydrogen (secondary N) is 1. The van der Waals surface area contributed by atoms with Gasteiger partial charge in [-0.15, -0.1) is 0 Å². The molecule has 0 amide bonds. The van der Waals surface area contributed by atoms with E-state index in [9.17, 15) is 10.1 Å². The second-order valence-electron chi connectivity index (χ2n) is 3.89. The van der Waals surface area contributed by atoms with Crippen LogP contribution >= 0.6 is 43.5 Å². The van der Waals surface area contributed by atoms with E-state index in [-0.39, 0.29) is 5.69 Å². The lowest BCUT2D eigenvalue weighted by Crippen LogP contribution is -2.01. The van der Waals surface area contributed by atoms with Crippen LogP contribution in [0.3, 0.4) is 0 Å². The predicted octanol–water partition coefficient (Wildman–Crippen LogP) is 4.78. The first-order chi connectivity index (χ1) is 9.47. The summed E-state index contributed by atoms with van der Waals surface area (Å²) in [6, 6.07) is 6.78. The largest absolute Gasteiger partial charge is 0.380 e. The van der Waals surface area contributed by atoms with Gasteiger partial charge in [-0.3, -0.25) is 10.1 Å². The molecular formula is C12H8Br2ClN3O2. The van der Waals surface area contributed by atoms with Crippen LogP contribution in [0.1, 0.15) is 5.56 Å². The molecule has 1 aromatic heterocycles. The van der Waals surface area contributed by atoms with E-state index < -0.39 is 4.92 Å². The Morgan fingerprint density at radius 3 is 2.70 bits per heavy atom. The molecular weight excluding hydrogens is 413 g/mol. The summed E-state index contributed by atoms with van der Waals surface area (Å²) < 4.78 is 1.15. The molecule has 0 aliphatic heterocycles. The molecule has 0 radical (unpaired) electrons. The number of nitrogens with zero attached hydrogens (tertiary/aromatic N) is 2. The van der Waals surface area contributed by atoms with Crippen molar-refractivity contribution in [1.29, 1.82) is 0 Å². The summed E-state index contributed by atoms with van der Waals surface area (Å²) in [7, 11) is 0. The number of nitro benzene ring substituents is 1. The minimum absolute atomic E-state index is 0.0414. The number of halogens is 3. The van der Waals surface area contributed by atoms with Crippen molar-refractivity contribution in [3.8, 4) is 0 Å². The lowest BCUT2D eigenvalue weighted by molar-refractivity contribution is -0.385. The zero-order chi connectivity index (χ0) is 14.7. The first kappa shape index (κ1) is 15.2. The SMILES string of the molecule is O=[N+]([O-])c1cc(CNc2cnc(Cl)c(Br)c2)ccc1Br. The average molecular weight is 421 g/mol. The minimum atomic E-state index is -0.423. The van der Waals surface area contributed by atoms with Crippen molar-refractivity contribution < 1.29 is 4.92 Å². The highest BCUT2D eigenvalue weighted by molar-refractivity contribution is 9.11. The molecule has 0 saturated heterocycles. The Balaban J connectivity index is 2.12. The molecule has 8 heteroatoms. The van der Waals surface area contributed by atoms with Gasteiger partial charge in [-0.2, -0.15) is 0 Å². The van der Waals surface area contributed by atoms with Crippen LogP contribution in [0.25, 0.3) is 0 Å². The van der Waals surface area contributed by atoms with Crippen LogP contribution in [0.4, 0.5) is 11.4 Å². The fourth-order valence-corrected chi connectivity index (χ4v) is 2.37. The highest BCUT2D eigenvalue weighted by Crippen LogP contribution is 2.27. The Labute approximate surface area is 136 Å². The smallest absolute Gasteiger partial charge is 0.283 e. The molecule has 0 atom stereocenters. The lowest BCUT2D eigenvalue weighted by atomic mass is 10.2. The van der Waals surface area contributed by atoms with Crippen LogP contribution in [-0.2, 0) is 6.54 Å². The molecule has 5 nitrogen and oxygen atoms in total. The Bertz CT molecular complexity index is 667. The number of aromatic nitrogens is 1. The van der Waals surface area contributed by atoms with Gasteiger partial charge in [0.25, 0.3) is 5.69 Å². The molecule has 0 aliphatic rings. The second kappa shape index (κ2) is 6.51. The molecule has 20 heavy (non-hydrogen) atoms. The number of anilines is 1. The molecule has 0 saturated carbocycles. The predicted molar refractivity (Wildman–Crippen MR) is 85.1 cm³/mol. The zero-order valence-electron chi connectivity index (χ0n) is 9.94. The molecule has 1 aromatic carbocycles.